The molecule has 2 rings (SSSR count). The van der Waals surface area contributed by atoms with Crippen LogP contribution in [-0.4, -0.2) is 38.6 Å². The van der Waals surface area contributed by atoms with Gasteiger partial charge in [-0.1, -0.05) is 30.3 Å². The summed E-state index contributed by atoms with van der Waals surface area (Å²) in [5.74, 6) is 0.317. The minimum atomic E-state index is -1.16. The molecule has 1 N–H and O–H groups in total. The Morgan fingerprint density at radius 1 is 1.11 bits per heavy atom. The number of hydrogen-bond donors (Lipinski definition) is 1. The molecule has 5 nitrogen and oxygen atoms in total. The number of likely N-dealkylation sites (tertiary alicyclic amines) is 1. The Morgan fingerprint density at radius 3 is 2.15 bits per heavy atom. The Morgan fingerprint density at radius 2 is 1.67 bits per heavy atom. The lowest BCUT2D eigenvalue weighted by molar-refractivity contribution is 0.0172. The van der Waals surface area contributed by atoms with Gasteiger partial charge in [-0.25, -0.2) is 13.7 Å². The summed E-state index contributed by atoms with van der Waals surface area (Å²) in [7, 11) is -1.16. The highest BCUT2D eigenvalue weighted by molar-refractivity contribution is 7.84. The lowest BCUT2D eigenvalue weighted by Gasteiger charge is -2.37. The van der Waals surface area contributed by atoms with Gasteiger partial charge in [0.1, 0.15) is 5.60 Å². The molecule has 0 spiro atoms. The van der Waals surface area contributed by atoms with Crippen molar-refractivity contribution in [1.82, 2.24) is 9.62 Å². The number of ether oxygens (including phenoxy) is 1. The number of nitrogens with zero attached hydrogens (tertiary/aromatic N) is 1. The van der Waals surface area contributed by atoms with Crippen molar-refractivity contribution in [2.45, 2.75) is 70.8 Å². The fourth-order valence-electron chi connectivity index (χ4n) is 3.13. The topological polar surface area (TPSA) is 58.6 Å². The van der Waals surface area contributed by atoms with Crippen molar-refractivity contribution >= 4 is 17.1 Å². The van der Waals surface area contributed by atoms with E-state index in [1.165, 1.54) is 0 Å². The largest absolute Gasteiger partial charge is 0.444 e. The summed E-state index contributed by atoms with van der Waals surface area (Å²) in [5.41, 5.74) is 0.664. The van der Waals surface area contributed by atoms with E-state index in [2.05, 4.69) is 16.9 Å². The van der Waals surface area contributed by atoms with Crippen LogP contribution >= 0.6 is 0 Å². The highest BCUT2D eigenvalue weighted by Gasteiger charge is 2.33. The molecule has 1 heterocycles. The van der Waals surface area contributed by atoms with Gasteiger partial charge in [0.15, 0.2) is 0 Å². The summed E-state index contributed by atoms with van der Waals surface area (Å²) in [6.45, 7) is 12.9. The number of rotatable bonds is 4. The summed E-state index contributed by atoms with van der Waals surface area (Å²) < 4.78 is 21.3. The zero-order valence-corrected chi connectivity index (χ0v) is 18.3. The van der Waals surface area contributed by atoms with Crippen LogP contribution in [0.15, 0.2) is 30.3 Å². The highest BCUT2D eigenvalue weighted by atomic mass is 32.2. The molecule has 1 amide bonds. The molecule has 0 radical (unpaired) electrons. The third-order valence-electron chi connectivity index (χ3n) is 4.61. The summed E-state index contributed by atoms with van der Waals surface area (Å²) in [5, 5.41) is 0. The predicted octanol–water partition coefficient (Wildman–Crippen LogP) is 4.43. The van der Waals surface area contributed by atoms with Crippen LogP contribution in [0.3, 0.4) is 0 Å². The number of benzene rings is 1. The van der Waals surface area contributed by atoms with Gasteiger partial charge in [-0.05, 0) is 65.9 Å². The number of carbonyl (C=O) groups is 1. The van der Waals surface area contributed by atoms with Gasteiger partial charge in [-0.15, -0.1) is 0 Å². The zero-order chi connectivity index (χ0) is 20.2. The van der Waals surface area contributed by atoms with Crippen LogP contribution in [-0.2, 0) is 15.7 Å². The maximum Gasteiger partial charge on any atom is 0.410 e. The molecule has 1 aromatic carbocycles. The zero-order valence-electron chi connectivity index (χ0n) is 17.5. The van der Waals surface area contributed by atoms with Gasteiger partial charge in [0.25, 0.3) is 0 Å². The fourth-order valence-corrected chi connectivity index (χ4v) is 4.04. The van der Waals surface area contributed by atoms with E-state index in [1.54, 1.807) is 4.90 Å². The molecule has 6 heteroatoms. The van der Waals surface area contributed by atoms with Crippen molar-refractivity contribution in [2.24, 2.45) is 5.92 Å². The second-order valence-corrected chi connectivity index (χ2v) is 11.2. The highest BCUT2D eigenvalue weighted by Crippen LogP contribution is 2.32. The normalized spacial score (nSPS) is 18.8. The first-order valence-electron chi connectivity index (χ1n) is 9.68. The molecule has 152 valence electrons. The Hall–Kier alpha value is -1.40. The molecule has 0 aromatic heterocycles. The number of piperidine rings is 1. The van der Waals surface area contributed by atoms with Crippen molar-refractivity contribution in [3.63, 3.8) is 0 Å². The maximum atomic E-state index is 12.7. The predicted molar refractivity (Wildman–Crippen MR) is 111 cm³/mol. The molecule has 1 fully saturated rings. The van der Waals surface area contributed by atoms with E-state index in [0.29, 0.717) is 19.0 Å². The van der Waals surface area contributed by atoms with E-state index < -0.39 is 16.6 Å². The van der Waals surface area contributed by atoms with Gasteiger partial charge < -0.3 is 9.64 Å². The van der Waals surface area contributed by atoms with E-state index in [4.69, 9.17) is 4.74 Å². The van der Waals surface area contributed by atoms with Crippen LogP contribution in [0.25, 0.3) is 0 Å². The molecule has 27 heavy (non-hydrogen) atoms. The number of carbonyl (C=O) groups excluding carboxylic acids is 1. The third kappa shape index (κ3) is 6.61. The number of nitrogens with one attached hydrogen (secondary N) is 1. The van der Waals surface area contributed by atoms with Crippen molar-refractivity contribution in [1.29, 1.82) is 0 Å². The quantitative estimate of drug-likeness (QED) is 0.822. The Balaban J connectivity index is 2.07. The minimum Gasteiger partial charge on any atom is -0.444 e. The van der Waals surface area contributed by atoms with Crippen molar-refractivity contribution in [3.8, 4) is 0 Å². The lowest BCUT2D eigenvalue weighted by atomic mass is 9.86. The first-order valence-corrected chi connectivity index (χ1v) is 10.8. The van der Waals surface area contributed by atoms with Gasteiger partial charge >= 0.3 is 6.09 Å². The molecule has 0 bridgehead atoms. The summed E-state index contributed by atoms with van der Waals surface area (Å²) >= 11 is 0. The summed E-state index contributed by atoms with van der Waals surface area (Å²) in [6, 6.07) is 10.2. The van der Waals surface area contributed by atoms with Crippen LogP contribution in [0, 0.1) is 5.92 Å². The Kier molecular flexibility index (Phi) is 7.09. The molecule has 0 aliphatic carbocycles. The average molecular weight is 395 g/mol. The Labute approximate surface area is 166 Å². The van der Waals surface area contributed by atoms with E-state index in [0.717, 1.165) is 18.4 Å². The van der Waals surface area contributed by atoms with Crippen LogP contribution < -0.4 is 4.72 Å². The molecule has 1 aliphatic heterocycles. The molecule has 1 aliphatic rings. The molecular formula is C21H34N2O3S. The first kappa shape index (κ1) is 21.9. The first-order chi connectivity index (χ1) is 12.5. The van der Waals surface area contributed by atoms with Gasteiger partial charge in [-0.2, -0.15) is 0 Å². The van der Waals surface area contributed by atoms with Crippen LogP contribution in [0.4, 0.5) is 4.79 Å². The SMILES string of the molecule is CC(C)(C)OC(=O)N1CCC([C@H](N[S@@](=O)C(C)(C)C)c2ccccc2)CC1. The molecule has 1 aromatic rings. The van der Waals surface area contributed by atoms with E-state index in [-0.39, 0.29) is 16.9 Å². The van der Waals surface area contributed by atoms with Crippen LogP contribution in [0.2, 0.25) is 0 Å². The van der Waals surface area contributed by atoms with Crippen LogP contribution in [0.5, 0.6) is 0 Å². The van der Waals surface area contributed by atoms with Gasteiger partial charge in [0.2, 0.25) is 0 Å². The van der Waals surface area contributed by atoms with Gasteiger partial charge in [0.05, 0.1) is 15.7 Å². The monoisotopic (exact) mass is 394 g/mol. The van der Waals surface area contributed by atoms with E-state index >= 15 is 0 Å². The third-order valence-corrected chi connectivity index (χ3v) is 6.19. The average Bonchev–Trinajstić information content (AvgIpc) is 2.58. The standard InChI is InChI=1S/C21H34N2O3S/c1-20(2,3)26-19(24)23-14-12-17(13-15-23)18(16-10-8-7-9-11-16)22-27(25)21(4,5)6/h7-11,17-18,22H,12-15H2,1-6H3/t18-,27+/m1/s1. The number of amides is 1. The minimum absolute atomic E-state index is 0.00652. The second-order valence-electron chi connectivity index (χ2n) is 9.19. The molecular weight excluding hydrogens is 360 g/mol. The fraction of sp³-hybridized carbons (Fsp3) is 0.667. The molecule has 1 saturated heterocycles. The van der Waals surface area contributed by atoms with E-state index in [1.807, 2.05) is 59.7 Å². The summed E-state index contributed by atoms with van der Waals surface area (Å²) in [4.78, 5) is 14.1. The van der Waals surface area contributed by atoms with Crippen LogP contribution in [0.1, 0.15) is 66.0 Å². The Bertz CT molecular complexity index is 642. The lowest BCUT2D eigenvalue weighted by Crippen LogP contribution is -2.45. The van der Waals surface area contributed by atoms with Gasteiger partial charge in [0, 0.05) is 19.1 Å². The van der Waals surface area contributed by atoms with E-state index in [9.17, 15) is 9.00 Å². The second kappa shape index (κ2) is 8.74. The summed E-state index contributed by atoms with van der Waals surface area (Å²) in [6.07, 6.45) is 1.46. The molecule has 0 saturated carbocycles. The van der Waals surface area contributed by atoms with Crippen molar-refractivity contribution in [3.05, 3.63) is 35.9 Å². The van der Waals surface area contributed by atoms with Crippen molar-refractivity contribution in [2.75, 3.05) is 13.1 Å². The maximum absolute atomic E-state index is 12.7. The molecule has 2 atom stereocenters. The van der Waals surface area contributed by atoms with Crippen molar-refractivity contribution < 1.29 is 13.7 Å². The smallest absolute Gasteiger partial charge is 0.410 e. The number of hydrogen-bond acceptors (Lipinski definition) is 3. The van der Waals surface area contributed by atoms with Gasteiger partial charge in [-0.3, -0.25) is 0 Å². The molecule has 0 unspecified atom stereocenters.